The smallest absolute Gasteiger partial charge is 0.238 e. The molecule has 208 valence electrons. The van der Waals surface area contributed by atoms with E-state index in [1.54, 1.807) is 17.0 Å². The Kier molecular flexibility index (Phi) is 11.7. The van der Waals surface area contributed by atoms with Crippen LogP contribution in [0.25, 0.3) is 0 Å². The maximum Gasteiger partial charge on any atom is 0.238 e. The van der Waals surface area contributed by atoms with Gasteiger partial charge in [-0.1, -0.05) is 49.9 Å². The number of sulfonamides is 1. The third kappa shape index (κ3) is 8.67. The fourth-order valence-corrected chi connectivity index (χ4v) is 6.91. The predicted octanol–water partition coefficient (Wildman–Crippen LogP) is 3.93. The van der Waals surface area contributed by atoms with Crippen molar-refractivity contribution in [3.8, 4) is 0 Å². The van der Waals surface area contributed by atoms with E-state index in [2.05, 4.69) is 0 Å². The van der Waals surface area contributed by atoms with Crippen LogP contribution in [0.1, 0.15) is 63.9 Å². The van der Waals surface area contributed by atoms with Crippen molar-refractivity contribution in [3.63, 3.8) is 0 Å². The molecular formula is C27H42ClN3O5S. The molecule has 8 nitrogen and oxygen atoms in total. The lowest BCUT2D eigenvalue weighted by molar-refractivity contribution is -0.140. The summed E-state index contributed by atoms with van der Waals surface area (Å²) >= 11 is 6.06. The fraction of sp³-hybridized carbons (Fsp3) is 0.704. The van der Waals surface area contributed by atoms with Crippen molar-refractivity contribution >= 4 is 33.4 Å². The van der Waals surface area contributed by atoms with E-state index >= 15 is 0 Å². The van der Waals surface area contributed by atoms with Crippen LogP contribution in [-0.4, -0.2) is 86.0 Å². The number of benzene rings is 1. The number of halogens is 1. The summed E-state index contributed by atoms with van der Waals surface area (Å²) in [7, 11) is -2.06. The Bertz CT molecular complexity index is 974. The highest BCUT2D eigenvalue weighted by molar-refractivity contribution is 7.89. The van der Waals surface area contributed by atoms with Crippen LogP contribution in [0.15, 0.2) is 24.3 Å². The Morgan fingerprint density at radius 2 is 1.70 bits per heavy atom. The molecular weight excluding hydrogens is 514 g/mol. The largest absolute Gasteiger partial charge is 0.383 e. The van der Waals surface area contributed by atoms with Gasteiger partial charge >= 0.3 is 0 Å². The number of carbonyl (C=O) groups excluding carboxylic acids is 2. The molecule has 10 heteroatoms. The molecule has 0 unspecified atom stereocenters. The highest BCUT2D eigenvalue weighted by Gasteiger charge is 2.34. The van der Waals surface area contributed by atoms with Crippen molar-refractivity contribution in [2.24, 2.45) is 5.92 Å². The first-order valence-electron chi connectivity index (χ1n) is 13.5. The van der Waals surface area contributed by atoms with Crippen molar-refractivity contribution < 1.29 is 22.7 Å². The number of amides is 2. The molecule has 0 bridgehead atoms. The Balaban J connectivity index is 1.73. The number of rotatable bonds is 12. The Hall–Kier alpha value is -1.68. The van der Waals surface area contributed by atoms with Gasteiger partial charge in [-0.25, -0.2) is 8.42 Å². The van der Waals surface area contributed by atoms with Crippen molar-refractivity contribution in [1.82, 2.24) is 14.1 Å². The third-order valence-electron chi connectivity index (χ3n) is 7.47. The number of hydrogen-bond acceptors (Lipinski definition) is 5. The second-order valence-electron chi connectivity index (χ2n) is 10.2. The highest BCUT2D eigenvalue weighted by Crippen LogP contribution is 2.28. The molecule has 2 fully saturated rings. The highest BCUT2D eigenvalue weighted by atomic mass is 35.5. The summed E-state index contributed by atoms with van der Waals surface area (Å²) in [5.41, 5.74) is 0.929. The van der Waals surface area contributed by atoms with Crippen LogP contribution < -0.4 is 0 Å². The minimum atomic E-state index is -3.58. The lowest BCUT2D eigenvalue weighted by Crippen LogP contribution is -2.52. The van der Waals surface area contributed by atoms with E-state index < -0.39 is 10.0 Å². The van der Waals surface area contributed by atoms with Gasteiger partial charge in [0.15, 0.2) is 0 Å². The van der Waals surface area contributed by atoms with Gasteiger partial charge in [0.05, 0.1) is 18.9 Å². The number of ether oxygens (including phenoxy) is 1. The molecule has 1 saturated heterocycles. The minimum Gasteiger partial charge on any atom is -0.383 e. The zero-order valence-electron chi connectivity index (χ0n) is 22.2. The predicted molar refractivity (Wildman–Crippen MR) is 146 cm³/mol. The number of carbonyl (C=O) groups is 2. The van der Waals surface area contributed by atoms with Crippen LogP contribution >= 0.6 is 11.6 Å². The molecule has 1 heterocycles. The van der Waals surface area contributed by atoms with Crippen molar-refractivity contribution in [3.05, 3.63) is 34.9 Å². The van der Waals surface area contributed by atoms with Gasteiger partial charge in [-0.05, 0) is 49.8 Å². The summed E-state index contributed by atoms with van der Waals surface area (Å²) in [6, 6.07) is 7.29. The third-order valence-corrected chi connectivity index (χ3v) is 9.74. The van der Waals surface area contributed by atoms with Crippen LogP contribution in [0.5, 0.6) is 0 Å². The average Bonchev–Trinajstić information content (AvgIpc) is 2.90. The number of hydrogen-bond donors (Lipinski definition) is 0. The topological polar surface area (TPSA) is 87.2 Å². The van der Waals surface area contributed by atoms with E-state index in [0.29, 0.717) is 43.9 Å². The average molecular weight is 556 g/mol. The van der Waals surface area contributed by atoms with E-state index in [1.165, 1.54) is 17.8 Å². The summed E-state index contributed by atoms with van der Waals surface area (Å²) in [6.45, 7) is 3.54. The van der Waals surface area contributed by atoms with Gasteiger partial charge in [0.2, 0.25) is 21.8 Å². The van der Waals surface area contributed by atoms with Gasteiger partial charge in [-0.15, -0.1) is 0 Å². The van der Waals surface area contributed by atoms with E-state index in [4.69, 9.17) is 16.3 Å². The zero-order valence-corrected chi connectivity index (χ0v) is 23.8. The SMILES string of the molecule is CCCS(=O)(=O)N(CCOC)CC(=O)N(Cc1ccc(Cl)cc1)C1CCN(C(=O)C2CCCCC2)CC1. The normalized spacial score (nSPS) is 17.8. The van der Waals surface area contributed by atoms with Crippen LogP contribution in [-0.2, 0) is 30.9 Å². The number of methoxy groups -OCH3 is 1. The number of nitrogens with zero attached hydrogens (tertiary/aromatic N) is 3. The molecule has 2 aliphatic rings. The van der Waals surface area contributed by atoms with E-state index in [-0.39, 0.29) is 49.2 Å². The quantitative estimate of drug-likeness (QED) is 0.390. The standard InChI is InChI=1S/C27H42ClN3O5S/c1-3-19-37(34,35)30(17-18-36-2)21-26(32)31(20-22-9-11-24(28)12-10-22)25-13-15-29(16-14-25)27(33)23-7-5-4-6-8-23/h9-12,23,25H,3-8,13-21H2,1-2H3. The molecule has 1 aromatic rings. The van der Waals surface area contributed by atoms with Gasteiger partial charge in [0, 0.05) is 50.3 Å². The molecule has 37 heavy (non-hydrogen) atoms. The monoisotopic (exact) mass is 555 g/mol. The molecule has 1 aliphatic heterocycles. The summed E-state index contributed by atoms with van der Waals surface area (Å²) in [6.07, 6.45) is 7.24. The lowest BCUT2D eigenvalue weighted by Gasteiger charge is -2.40. The summed E-state index contributed by atoms with van der Waals surface area (Å²) in [4.78, 5) is 30.5. The number of likely N-dealkylation sites (tertiary alicyclic amines) is 1. The first-order valence-corrected chi connectivity index (χ1v) is 15.5. The van der Waals surface area contributed by atoms with Crippen molar-refractivity contribution in [2.45, 2.75) is 70.9 Å². The first-order chi connectivity index (χ1) is 17.7. The van der Waals surface area contributed by atoms with E-state index in [1.807, 2.05) is 24.0 Å². The minimum absolute atomic E-state index is 0.0111. The molecule has 0 spiro atoms. The summed E-state index contributed by atoms with van der Waals surface area (Å²) in [5.74, 6) is 0.145. The molecule has 0 atom stereocenters. The van der Waals surface area contributed by atoms with Gasteiger partial charge in [0.25, 0.3) is 0 Å². The summed E-state index contributed by atoms with van der Waals surface area (Å²) in [5, 5.41) is 0.618. The van der Waals surface area contributed by atoms with Gasteiger partial charge < -0.3 is 14.5 Å². The molecule has 2 amide bonds. The molecule has 1 aliphatic carbocycles. The molecule has 0 radical (unpaired) electrons. The van der Waals surface area contributed by atoms with Crippen molar-refractivity contribution in [2.75, 3.05) is 45.6 Å². The first kappa shape index (κ1) is 29.9. The van der Waals surface area contributed by atoms with Crippen molar-refractivity contribution in [1.29, 1.82) is 0 Å². The van der Waals surface area contributed by atoms with Gasteiger partial charge in [-0.3, -0.25) is 9.59 Å². The Morgan fingerprint density at radius 3 is 2.30 bits per heavy atom. The maximum absolute atomic E-state index is 13.7. The molecule has 3 rings (SSSR count). The van der Waals surface area contributed by atoms with Crippen LogP contribution in [0.3, 0.4) is 0 Å². The second-order valence-corrected chi connectivity index (χ2v) is 12.7. The second kappa shape index (κ2) is 14.5. The van der Waals surface area contributed by atoms with Gasteiger partial charge in [0.1, 0.15) is 0 Å². The van der Waals surface area contributed by atoms with Crippen LogP contribution in [0.4, 0.5) is 0 Å². The Labute approximate surface area is 227 Å². The Morgan fingerprint density at radius 1 is 1.05 bits per heavy atom. The molecule has 0 N–H and O–H groups in total. The molecule has 1 saturated carbocycles. The lowest BCUT2D eigenvalue weighted by atomic mass is 9.87. The van der Waals surface area contributed by atoms with E-state index in [9.17, 15) is 18.0 Å². The summed E-state index contributed by atoms with van der Waals surface area (Å²) < 4.78 is 32.1. The zero-order chi connectivity index (χ0) is 26.8. The molecule has 1 aromatic carbocycles. The van der Waals surface area contributed by atoms with Crippen LogP contribution in [0, 0.1) is 5.92 Å². The fourth-order valence-electron chi connectivity index (χ4n) is 5.35. The van der Waals surface area contributed by atoms with E-state index in [0.717, 1.165) is 31.2 Å². The number of piperidine rings is 1. The molecule has 0 aromatic heterocycles. The van der Waals surface area contributed by atoms with Crippen LogP contribution in [0.2, 0.25) is 5.02 Å². The maximum atomic E-state index is 13.7. The van der Waals surface area contributed by atoms with Gasteiger partial charge in [-0.2, -0.15) is 4.31 Å².